The molecule has 0 spiro atoms. The molecular weight excluding hydrogens is 385 g/mol. The number of alkyl halides is 3. The molecule has 0 aliphatic heterocycles. The van der Waals surface area contributed by atoms with Crippen molar-refractivity contribution in [1.29, 1.82) is 0 Å². The highest BCUT2D eigenvalue weighted by molar-refractivity contribution is 9.10. The first-order valence-corrected chi connectivity index (χ1v) is 6.73. The van der Waals surface area contributed by atoms with Crippen LogP contribution >= 0.6 is 15.9 Å². The van der Waals surface area contributed by atoms with Crippen molar-refractivity contribution in [2.75, 3.05) is 5.43 Å². The summed E-state index contributed by atoms with van der Waals surface area (Å²) in [6.45, 7) is 0. The number of hydrazine groups is 1. The van der Waals surface area contributed by atoms with Crippen molar-refractivity contribution >= 4 is 33.2 Å². The highest BCUT2D eigenvalue weighted by Gasteiger charge is 2.33. The van der Waals surface area contributed by atoms with Gasteiger partial charge in [0.05, 0.1) is 10.5 Å². The van der Waals surface area contributed by atoms with Crippen molar-refractivity contribution in [3.8, 4) is 0 Å². The molecule has 3 N–H and O–H groups in total. The van der Waals surface area contributed by atoms with Gasteiger partial charge in [0.2, 0.25) is 0 Å². The molecule has 0 bridgehead atoms. The number of hydrogen-bond donors (Lipinski definition) is 3. The zero-order valence-electron chi connectivity index (χ0n) is 11.1. The summed E-state index contributed by atoms with van der Waals surface area (Å²) in [5, 5.41) is 10.9. The van der Waals surface area contributed by atoms with Crippen LogP contribution in [0.5, 0.6) is 0 Å². The van der Waals surface area contributed by atoms with Gasteiger partial charge in [0.15, 0.2) is 0 Å². The number of anilines is 1. The third-order valence-electron chi connectivity index (χ3n) is 2.72. The van der Waals surface area contributed by atoms with Gasteiger partial charge in [0.25, 0.3) is 11.6 Å². The van der Waals surface area contributed by atoms with Crippen molar-refractivity contribution in [1.82, 2.24) is 10.4 Å². The predicted octanol–water partition coefficient (Wildman–Crippen LogP) is 3.46. The van der Waals surface area contributed by atoms with Crippen LogP contribution in [0.4, 0.5) is 24.5 Å². The van der Waals surface area contributed by atoms with E-state index in [2.05, 4.69) is 31.8 Å². The highest BCUT2D eigenvalue weighted by atomic mass is 79.9. The largest absolute Gasteiger partial charge is 0.416 e. The molecule has 0 fully saturated rings. The fraction of sp³-hybridized carbons (Fsp3) is 0.0833. The van der Waals surface area contributed by atoms with Crippen LogP contribution in [-0.4, -0.2) is 15.8 Å². The number of nitro benzene ring substituents is 1. The minimum Gasteiger partial charge on any atom is -0.356 e. The van der Waals surface area contributed by atoms with E-state index in [9.17, 15) is 28.1 Å². The molecular formula is C12H8BrF3N4O3. The summed E-state index contributed by atoms with van der Waals surface area (Å²) >= 11 is 3.13. The van der Waals surface area contributed by atoms with Gasteiger partial charge in [-0.05, 0) is 34.1 Å². The topological polar surface area (TPSA) is 100 Å². The summed E-state index contributed by atoms with van der Waals surface area (Å²) in [6, 6.07) is 3.39. The third-order valence-corrected chi connectivity index (χ3v) is 3.18. The smallest absolute Gasteiger partial charge is 0.356 e. The molecule has 1 amide bonds. The van der Waals surface area contributed by atoms with Gasteiger partial charge in [-0.2, -0.15) is 13.2 Å². The van der Waals surface area contributed by atoms with Gasteiger partial charge in [-0.25, -0.2) is 0 Å². The van der Waals surface area contributed by atoms with Crippen molar-refractivity contribution in [2.45, 2.75) is 6.18 Å². The molecule has 23 heavy (non-hydrogen) atoms. The van der Waals surface area contributed by atoms with Gasteiger partial charge in [-0.1, -0.05) is 0 Å². The van der Waals surface area contributed by atoms with Crippen LogP contribution in [0, 0.1) is 10.1 Å². The van der Waals surface area contributed by atoms with E-state index in [0.717, 1.165) is 6.07 Å². The van der Waals surface area contributed by atoms with Crippen LogP contribution in [0.25, 0.3) is 0 Å². The molecule has 122 valence electrons. The zero-order chi connectivity index (χ0) is 17.2. The predicted molar refractivity (Wildman–Crippen MR) is 77.7 cm³/mol. The first kappa shape index (κ1) is 16.8. The van der Waals surface area contributed by atoms with Gasteiger partial charge in [0, 0.05) is 16.7 Å². The number of nitro groups is 1. The molecule has 0 unspecified atom stereocenters. The Hall–Kier alpha value is -2.56. The molecule has 1 heterocycles. The number of rotatable bonds is 4. The molecule has 0 atom stereocenters. The normalized spacial score (nSPS) is 11.1. The average molecular weight is 393 g/mol. The van der Waals surface area contributed by atoms with Gasteiger partial charge < -0.3 is 4.98 Å². The Kier molecular flexibility index (Phi) is 4.59. The SMILES string of the molecule is O=C(NNc1ccc(C(F)(F)F)cc1[N+](=O)[O-])c1cc(Br)c[nH]1. The first-order valence-electron chi connectivity index (χ1n) is 5.94. The van der Waals surface area contributed by atoms with E-state index in [1.54, 1.807) is 0 Å². The monoisotopic (exact) mass is 392 g/mol. The van der Waals surface area contributed by atoms with Crippen LogP contribution in [0.2, 0.25) is 0 Å². The lowest BCUT2D eigenvalue weighted by Crippen LogP contribution is -2.30. The number of nitrogens with one attached hydrogen (secondary N) is 3. The summed E-state index contributed by atoms with van der Waals surface area (Å²) in [6.07, 6.45) is -3.21. The maximum Gasteiger partial charge on any atom is 0.416 e. The van der Waals surface area contributed by atoms with Crippen LogP contribution in [0.15, 0.2) is 34.9 Å². The number of aromatic nitrogens is 1. The molecule has 1 aromatic heterocycles. The highest BCUT2D eigenvalue weighted by Crippen LogP contribution is 2.34. The number of halogens is 4. The van der Waals surface area contributed by atoms with Crippen LogP contribution in [0.3, 0.4) is 0 Å². The number of H-pyrrole nitrogens is 1. The third kappa shape index (κ3) is 4.00. The number of amides is 1. The van der Waals surface area contributed by atoms with Crippen LogP contribution < -0.4 is 10.9 Å². The van der Waals surface area contributed by atoms with E-state index >= 15 is 0 Å². The summed E-state index contributed by atoms with van der Waals surface area (Å²) in [5.74, 6) is -0.648. The van der Waals surface area contributed by atoms with Gasteiger partial charge >= 0.3 is 6.18 Å². The van der Waals surface area contributed by atoms with Crippen molar-refractivity contribution in [3.63, 3.8) is 0 Å². The Morgan fingerprint density at radius 2 is 2.00 bits per heavy atom. The Morgan fingerprint density at radius 1 is 1.30 bits per heavy atom. The Morgan fingerprint density at radius 3 is 2.52 bits per heavy atom. The first-order chi connectivity index (χ1) is 10.7. The molecule has 0 aliphatic rings. The average Bonchev–Trinajstić information content (AvgIpc) is 2.90. The van der Waals surface area contributed by atoms with Crippen molar-refractivity contribution < 1.29 is 22.9 Å². The number of aromatic amines is 1. The van der Waals surface area contributed by atoms with E-state index in [-0.39, 0.29) is 11.4 Å². The van der Waals surface area contributed by atoms with E-state index in [0.29, 0.717) is 16.6 Å². The molecule has 2 rings (SSSR count). The van der Waals surface area contributed by atoms with Gasteiger partial charge in [0.1, 0.15) is 11.4 Å². The minimum atomic E-state index is -4.71. The summed E-state index contributed by atoms with van der Waals surface area (Å²) in [7, 11) is 0. The number of hydrogen-bond acceptors (Lipinski definition) is 4. The molecule has 7 nitrogen and oxygen atoms in total. The minimum absolute atomic E-state index is 0.152. The van der Waals surface area contributed by atoms with Crippen LogP contribution in [-0.2, 0) is 6.18 Å². The lowest BCUT2D eigenvalue weighted by molar-refractivity contribution is -0.384. The fourth-order valence-electron chi connectivity index (χ4n) is 1.66. The van der Waals surface area contributed by atoms with E-state index in [1.807, 2.05) is 0 Å². The van der Waals surface area contributed by atoms with E-state index in [4.69, 9.17) is 0 Å². The quantitative estimate of drug-likeness (QED) is 0.547. The second-order valence-electron chi connectivity index (χ2n) is 4.30. The molecule has 0 saturated heterocycles. The summed E-state index contributed by atoms with van der Waals surface area (Å²) in [4.78, 5) is 24.3. The fourth-order valence-corrected chi connectivity index (χ4v) is 2.00. The van der Waals surface area contributed by atoms with Gasteiger partial charge in [-0.15, -0.1) is 0 Å². The summed E-state index contributed by atoms with van der Waals surface area (Å²) in [5.41, 5.74) is 2.30. The van der Waals surface area contributed by atoms with E-state index in [1.165, 1.54) is 12.3 Å². The second-order valence-corrected chi connectivity index (χ2v) is 5.21. The number of carbonyl (C=O) groups excluding carboxylic acids is 1. The summed E-state index contributed by atoms with van der Waals surface area (Å²) < 4.78 is 38.4. The number of carbonyl (C=O) groups is 1. The lowest BCUT2D eigenvalue weighted by Gasteiger charge is -2.11. The standard InChI is InChI=1S/C12H8BrF3N4O3/c13-7-4-9(17-5-7)11(21)19-18-8-2-1-6(12(14,15)16)3-10(8)20(22)23/h1-5,17-18H,(H,19,21). The number of nitrogens with zero attached hydrogens (tertiary/aromatic N) is 1. The molecule has 2 aromatic rings. The molecule has 0 aliphatic carbocycles. The molecule has 1 aromatic carbocycles. The van der Waals surface area contributed by atoms with E-state index < -0.39 is 28.3 Å². The van der Waals surface area contributed by atoms with Crippen LogP contribution in [0.1, 0.15) is 16.1 Å². The molecule has 11 heteroatoms. The Balaban J connectivity index is 2.19. The van der Waals surface area contributed by atoms with Gasteiger partial charge in [-0.3, -0.25) is 25.8 Å². The zero-order valence-corrected chi connectivity index (χ0v) is 12.7. The van der Waals surface area contributed by atoms with Crippen molar-refractivity contribution in [3.05, 3.63) is 56.3 Å². The molecule has 0 radical (unpaired) electrons. The molecule has 0 saturated carbocycles. The number of benzene rings is 1. The second kappa shape index (κ2) is 6.28. The maximum atomic E-state index is 12.6. The Labute approximate surface area is 135 Å². The Bertz CT molecular complexity index is 760. The lowest BCUT2D eigenvalue weighted by atomic mass is 10.1. The maximum absolute atomic E-state index is 12.6. The van der Waals surface area contributed by atoms with Crippen molar-refractivity contribution in [2.24, 2.45) is 0 Å².